The molecule has 0 aliphatic carbocycles. The zero-order valence-corrected chi connectivity index (χ0v) is 17.9. The highest BCUT2D eigenvalue weighted by Crippen LogP contribution is 2.30. The van der Waals surface area contributed by atoms with Gasteiger partial charge in [-0.05, 0) is 25.1 Å². The summed E-state index contributed by atoms with van der Waals surface area (Å²) in [6.45, 7) is 6.55. The molecule has 1 amide bonds. The van der Waals surface area contributed by atoms with Crippen LogP contribution in [0.3, 0.4) is 0 Å². The van der Waals surface area contributed by atoms with Crippen LogP contribution in [0, 0.1) is 0 Å². The van der Waals surface area contributed by atoms with Crippen molar-refractivity contribution in [1.29, 1.82) is 0 Å². The van der Waals surface area contributed by atoms with Crippen LogP contribution in [0.25, 0.3) is 0 Å². The zero-order chi connectivity index (χ0) is 19.7. The first-order valence-electron chi connectivity index (χ1n) is 8.63. The van der Waals surface area contributed by atoms with E-state index in [1.165, 1.54) is 17.5 Å². The third kappa shape index (κ3) is 6.93. The first-order valence-corrected chi connectivity index (χ1v) is 10.1. The summed E-state index contributed by atoms with van der Waals surface area (Å²) < 4.78 is 37.7. The van der Waals surface area contributed by atoms with Gasteiger partial charge in [-0.2, -0.15) is 4.31 Å². The normalized spacial score (nSPS) is 12.4. The van der Waals surface area contributed by atoms with Crippen molar-refractivity contribution in [3.05, 3.63) is 18.2 Å². The van der Waals surface area contributed by atoms with Gasteiger partial charge >= 0.3 is 0 Å². The molecule has 0 radical (unpaired) electrons. The molecule has 27 heavy (non-hydrogen) atoms. The lowest BCUT2D eigenvalue weighted by Gasteiger charge is -2.21. The number of carbonyl (C=O) groups excluding carboxylic acids is 1. The minimum Gasteiger partial charge on any atom is -0.492 e. The van der Waals surface area contributed by atoms with Crippen LogP contribution in [0.15, 0.2) is 23.1 Å². The predicted molar refractivity (Wildman–Crippen MR) is 108 cm³/mol. The van der Waals surface area contributed by atoms with Gasteiger partial charge in [-0.3, -0.25) is 4.79 Å². The molecular weight excluding hydrogens is 394 g/mol. The van der Waals surface area contributed by atoms with Crippen molar-refractivity contribution in [1.82, 2.24) is 4.31 Å². The number of ether oxygens (including phenoxy) is 2. The Morgan fingerprint density at radius 2 is 1.89 bits per heavy atom. The quantitative estimate of drug-likeness (QED) is 0.561. The van der Waals surface area contributed by atoms with Crippen LogP contribution in [0.2, 0.25) is 0 Å². The average Bonchev–Trinajstić information content (AvgIpc) is 2.61. The van der Waals surface area contributed by atoms with Gasteiger partial charge < -0.3 is 20.5 Å². The van der Waals surface area contributed by atoms with Crippen LogP contribution in [-0.4, -0.2) is 58.1 Å². The molecule has 156 valence electrons. The van der Waals surface area contributed by atoms with E-state index in [4.69, 9.17) is 15.2 Å². The van der Waals surface area contributed by atoms with E-state index in [0.717, 1.165) is 0 Å². The number of anilines is 1. The number of carbonyl (C=O) groups is 1. The molecule has 0 aliphatic heterocycles. The standard InChI is InChI=1S/C17H29N3O5S.ClH/c1-5-20(6-2)26(22,23)16-10-13(8-9-15(16)25-7-3)19-17(21)11-14(12-18)24-4;/h8-10,14H,5-7,11-12,18H2,1-4H3,(H,19,21);1H. The second-order valence-electron chi connectivity index (χ2n) is 5.53. The van der Waals surface area contributed by atoms with Crippen LogP contribution in [0.1, 0.15) is 27.2 Å². The summed E-state index contributed by atoms with van der Waals surface area (Å²) in [7, 11) is -2.25. The van der Waals surface area contributed by atoms with E-state index in [9.17, 15) is 13.2 Å². The lowest BCUT2D eigenvalue weighted by molar-refractivity contribution is -0.118. The monoisotopic (exact) mass is 423 g/mol. The van der Waals surface area contributed by atoms with E-state index in [2.05, 4.69) is 5.32 Å². The fourth-order valence-electron chi connectivity index (χ4n) is 2.45. The molecule has 1 unspecified atom stereocenters. The largest absolute Gasteiger partial charge is 0.492 e. The Kier molecular flexibility index (Phi) is 11.5. The van der Waals surface area contributed by atoms with Gasteiger partial charge in [0.1, 0.15) is 10.6 Å². The topological polar surface area (TPSA) is 111 Å². The number of methoxy groups -OCH3 is 1. The fraction of sp³-hybridized carbons (Fsp3) is 0.588. The van der Waals surface area contributed by atoms with E-state index >= 15 is 0 Å². The SMILES string of the molecule is CCOc1ccc(NC(=O)CC(CN)OC)cc1S(=O)(=O)N(CC)CC.Cl. The van der Waals surface area contributed by atoms with Crippen molar-refractivity contribution < 1.29 is 22.7 Å². The van der Waals surface area contributed by atoms with Crippen molar-refractivity contribution in [2.75, 3.05) is 38.7 Å². The Bertz CT molecular complexity index is 692. The Labute approximate surface area is 167 Å². The number of benzene rings is 1. The molecule has 0 fully saturated rings. The van der Waals surface area contributed by atoms with E-state index in [0.29, 0.717) is 25.4 Å². The summed E-state index contributed by atoms with van der Waals surface area (Å²) in [6.07, 6.45) is -0.310. The number of amides is 1. The highest BCUT2D eigenvalue weighted by molar-refractivity contribution is 7.89. The lowest BCUT2D eigenvalue weighted by Crippen LogP contribution is -2.31. The van der Waals surface area contributed by atoms with Gasteiger partial charge in [-0.25, -0.2) is 8.42 Å². The van der Waals surface area contributed by atoms with Crippen molar-refractivity contribution in [2.45, 2.75) is 38.2 Å². The minimum absolute atomic E-state index is 0. The van der Waals surface area contributed by atoms with E-state index in [1.54, 1.807) is 32.9 Å². The number of hydrogen-bond donors (Lipinski definition) is 2. The van der Waals surface area contributed by atoms with Gasteiger partial charge in [-0.15, -0.1) is 12.4 Å². The molecule has 8 nitrogen and oxygen atoms in total. The highest BCUT2D eigenvalue weighted by Gasteiger charge is 2.26. The Balaban J connectivity index is 0.00000676. The molecule has 3 N–H and O–H groups in total. The van der Waals surface area contributed by atoms with Gasteiger partial charge in [0, 0.05) is 32.4 Å². The fourth-order valence-corrected chi connectivity index (χ4v) is 4.06. The van der Waals surface area contributed by atoms with Gasteiger partial charge in [-0.1, -0.05) is 13.8 Å². The maximum absolute atomic E-state index is 12.9. The molecule has 0 heterocycles. The number of sulfonamides is 1. The number of rotatable bonds is 11. The molecular formula is C17H30ClN3O5S. The first kappa shape index (κ1) is 25.6. The Hall–Kier alpha value is -1.39. The molecule has 1 rings (SSSR count). The molecule has 0 spiro atoms. The minimum atomic E-state index is -3.73. The van der Waals surface area contributed by atoms with Gasteiger partial charge in [0.15, 0.2) is 0 Å². The number of hydrogen-bond acceptors (Lipinski definition) is 6. The molecule has 1 atom stereocenters. The van der Waals surface area contributed by atoms with Gasteiger partial charge in [0.25, 0.3) is 0 Å². The summed E-state index contributed by atoms with van der Waals surface area (Å²) in [4.78, 5) is 12.2. The second kappa shape index (κ2) is 12.1. The smallest absolute Gasteiger partial charge is 0.246 e. The molecule has 1 aromatic carbocycles. The summed E-state index contributed by atoms with van der Waals surface area (Å²) in [5, 5.41) is 2.68. The molecule has 10 heteroatoms. The van der Waals surface area contributed by atoms with Gasteiger partial charge in [0.2, 0.25) is 15.9 Å². The third-order valence-corrected chi connectivity index (χ3v) is 5.93. The van der Waals surface area contributed by atoms with Crippen LogP contribution in [0.4, 0.5) is 5.69 Å². The van der Waals surface area contributed by atoms with Crippen molar-refractivity contribution in [2.24, 2.45) is 5.73 Å². The van der Waals surface area contributed by atoms with Crippen LogP contribution < -0.4 is 15.8 Å². The molecule has 0 saturated carbocycles. The van der Waals surface area contributed by atoms with E-state index in [-0.39, 0.29) is 41.9 Å². The summed E-state index contributed by atoms with van der Waals surface area (Å²) in [5.41, 5.74) is 5.89. The summed E-state index contributed by atoms with van der Waals surface area (Å²) in [6, 6.07) is 4.57. The van der Waals surface area contributed by atoms with E-state index < -0.39 is 16.1 Å². The van der Waals surface area contributed by atoms with Crippen molar-refractivity contribution in [3.63, 3.8) is 0 Å². The highest BCUT2D eigenvalue weighted by atomic mass is 35.5. The lowest BCUT2D eigenvalue weighted by atomic mass is 10.2. The number of nitrogens with one attached hydrogen (secondary N) is 1. The Morgan fingerprint density at radius 3 is 2.37 bits per heavy atom. The maximum atomic E-state index is 12.9. The predicted octanol–water partition coefficient (Wildman–Crippen LogP) is 1.84. The molecule has 1 aromatic rings. The van der Waals surface area contributed by atoms with Crippen molar-refractivity contribution in [3.8, 4) is 5.75 Å². The first-order chi connectivity index (χ1) is 12.3. The second-order valence-corrected chi connectivity index (χ2v) is 7.44. The van der Waals surface area contributed by atoms with Crippen LogP contribution >= 0.6 is 12.4 Å². The molecule has 0 saturated heterocycles. The Morgan fingerprint density at radius 1 is 1.26 bits per heavy atom. The molecule has 0 bridgehead atoms. The molecule has 0 aliphatic rings. The third-order valence-electron chi connectivity index (χ3n) is 3.86. The van der Waals surface area contributed by atoms with Crippen LogP contribution in [0.5, 0.6) is 5.75 Å². The average molecular weight is 424 g/mol. The summed E-state index contributed by atoms with van der Waals surface area (Å²) in [5.74, 6) is -0.0493. The number of nitrogens with zero attached hydrogens (tertiary/aromatic N) is 1. The maximum Gasteiger partial charge on any atom is 0.246 e. The summed E-state index contributed by atoms with van der Waals surface area (Å²) >= 11 is 0. The van der Waals surface area contributed by atoms with Crippen molar-refractivity contribution >= 4 is 34.0 Å². The number of nitrogens with two attached hydrogens (primary N) is 1. The van der Waals surface area contributed by atoms with E-state index in [1.807, 2.05) is 0 Å². The molecule has 0 aromatic heterocycles. The van der Waals surface area contributed by atoms with Gasteiger partial charge in [0.05, 0.1) is 19.1 Å². The zero-order valence-electron chi connectivity index (χ0n) is 16.2. The number of halogens is 1. The van der Waals surface area contributed by atoms with Crippen LogP contribution in [-0.2, 0) is 19.6 Å².